The van der Waals surface area contributed by atoms with Gasteiger partial charge < -0.3 is 14.5 Å². The standard InChI is InChI=1S/C25H19F4N3O3/c1-15-19(6-4-11-30-15)20-13-17-5-2-3-12-32(17)21(20)22(33)23(34)31-16-7-9-18(10-8-16)35-14-25(28,29)24(26)27/h2-13,24H,14H2,1H3,(H,31,34). The fourth-order valence-electron chi connectivity index (χ4n) is 3.50. The van der Waals surface area contributed by atoms with Gasteiger partial charge in [0, 0.05) is 40.4 Å². The fourth-order valence-corrected chi connectivity index (χ4v) is 3.50. The van der Waals surface area contributed by atoms with E-state index in [1.165, 1.54) is 24.3 Å². The molecule has 0 aliphatic carbocycles. The summed E-state index contributed by atoms with van der Waals surface area (Å²) in [4.78, 5) is 30.3. The Kier molecular flexibility index (Phi) is 6.54. The van der Waals surface area contributed by atoms with Gasteiger partial charge in [0.2, 0.25) is 0 Å². The minimum Gasteiger partial charge on any atom is -0.487 e. The monoisotopic (exact) mass is 485 g/mol. The van der Waals surface area contributed by atoms with Gasteiger partial charge >= 0.3 is 12.3 Å². The molecule has 180 valence electrons. The van der Waals surface area contributed by atoms with Crippen LogP contribution in [0.15, 0.2) is 73.1 Å². The Labute approximate surface area is 197 Å². The highest BCUT2D eigenvalue weighted by Gasteiger charge is 2.41. The summed E-state index contributed by atoms with van der Waals surface area (Å²) in [6, 6.07) is 15.8. The van der Waals surface area contributed by atoms with Gasteiger partial charge in [-0.05, 0) is 55.5 Å². The highest BCUT2D eigenvalue weighted by molar-refractivity contribution is 6.47. The topological polar surface area (TPSA) is 72.7 Å². The van der Waals surface area contributed by atoms with E-state index in [0.29, 0.717) is 22.3 Å². The predicted octanol–water partition coefficient (Wildman–Crippen LogP) is 5.41. The number of ketones is 1. The maximum absolute atomic E-state index is 13.2. The average Bonchev–Trinajstić information content (AvgIpc) is 3.22. The van der Waals surface area contributed by atoms with E-state index in [1.807, 2.05) is 12.1 Å². The Morgan fingerprint density at radius 1 is 1.06 bits per heavy atom. The van der Waals surface area contributed by atoms with E-state index in [0.717, 1.165) is 0 Å². The lowest BCUT2D eigenvalue weighted by Gasteiger charge is -2.16. The van der Waals surface area contributed by atoms with E-state index in [9.17, 15) is 27.2 Å². The van der Waals surface area contributed by atoms with E-state index < -0.39 is 30.6 Å². The molecule has 0 unspecified atom stereocenters. The van der Waals surface area contributed by atoms with Crippen molar-refractivity contribution >= 4 is 22.9 Å². The maximum atomic E-state index is 13.2. The van der Waals surface area contributed by atoms with Crippen LogP contribution in [0.5, 0.6) is 5.75 Å². The van der Waals surface area contributed by atoms with Crippen molar-refractivity contribution in [1.29, 1.82) is 0 Å². The normalized spacial score (nSPS) is 11.6. The van der Waals surface area contributed by atoms with Crippen molar-refractivity contribution in [3.63, 3.8) is 0 Å². The number of hydrogen-bond acceptors (Lipinski definition) is 4. The number of aryl methyl sites for hydroxylation is 1. The van der Waals surface area contributed by atoms with Crippen LogP contribution in [-0.2, 0) is 4.79 Å². The van der Waals surface area contributed by atoms with Crippen LogP contribution in [0.2, 0.25) is 0 Å². The number of nitrogens with zero attached hydrogens (tertiary/aromatic N) is 2. The predicted molar refractivity (Wildman–Crippen MR) is 121 cm³/mol. The van der Waals surface area contributed by atoms with Crippen LogP contribution in [0.25, 0.3) is 16.6 Å². The largest absolute Gasteiger partial charge is 0.487 e. The van der Waals surface area contributed by atoms with Crippen LogP contribution in [0.3, 0.4) is 0 Å². The van der Waals surface area contributed by atoms with E-state index in [1.54, 1.807) is 48.0 Å². The molecule has 0 saturated heterocycles. The number of alkyl halides is 4. The van der Waals surface area contributed by atoms with E-state index in [2.05, 4.69) is 10.3 Å². The molecule has 6 nitrogen and oxygen atoms in total. The smallest absolute Gasteiger partial charge is 0.340 e. The van der Waals surface area contributed by atoms with Gasteiger partial charge in [-0.3, -0.25) is 14.6 Å². The summed E-state index contributed by atoms with van der Waals surface area (Å²) in [5.41, 5.74) is 3.00. The van der Waals surface area contributed by atoms with Crippen molar-refractivity contribution < 1.29 is 31.9 Å². The first-order valence-electron chi connectivity index (χ1n) is 10.4. The summed E-state index contributed by atoms with van der Waals surface area (Å²) >= 11 is 0. The number of fused-ring (bicyclic) bond motifs is 1. The number of carbonyl (C=O) groups excluding carboxylic acids is 2. The van der Waals surface area contributed by atoms with Gasteiger partial charge in [-0.1, -0.05) is 12.1 Å². The van der Waals surface area contributed by atoms with E-state index in [4.69, 9.17) is 4.74 Å². The van der Waals surface area contributed by atoms with Crippen molar-refractivity contribution in [3.8, 4) is 16.9 Å². The molecule has 0 aliphatic rings. The van der Waals surface area contributed by atoms with Crippen LogP contribution in [0.4, 0.5) is 23.2 Å². The molecule has 0 aliphatic heterocycles. The van der Waals surface area contributed by atoms with Gasteiger partial charge in [-0.25, -0.2) is 8.78 Å². The first-order chi connectivity index (χ1) is 16.7. The zero-order valence-electron chi connectivity index (χ0n) is 18.3. The summed E-state index contributed by atoms with van der Waals surface area (Å²) in [6.07, 6.45) is -0.547. The molecular weight excluding hydrogens is 466 g/mol. The molecule has 0 bridgehead atoms. The van der Waals surface area contributed by atoms with Crippen LogP contribution in [0, 0.1) is 6.92 Å². The zero-order chi connectivity index (χ0) is 25.2. The Hall–Kier alpha value is -4.21. The molecule has 4 rings (SSSR count). The lowest BCUT2D eigenvalue weighted by Crippen LogP contribution is -2.33. The minimum atomic E-state index is -4.29. The van der Waals surface area contributed by atoms with Crippen LogP contribution < -0.4 is 10.1 Å². The van der Waals surface area contributed by atoms with Crippen LogP contribution in [0.1, 0.15) is 16.2 Å². The molecule has 1 aromatic carbocycles. The summed E-state index contributed by atoms with van der Waals surface area (Å²) in [5, 5.41) is 2.46. The van der Waals surface area contributed by atoms with Gasteiger partial charge in [-0.2, -0.15) is 8.78 Å². The number of Topliss-reactive ketones (excluding diaryl/α,β-unsaturated/α-hetero) is 1. The number of anilines is 1. The quantitative estimate of drug-likeness (QED) is 0.206. The van der Waals surface area contributed by atoms with E-state index in [-0.39, 0.29) is 17.1 Å². The summed E-state index contributed by atoms with van der Waals surface area (Å²) in [5.74, 6) is -6.11. The van der Waals surface area contributed by atoms with Crippen LogP contribution >= 0.6 is 0 Å². The second-order valence-corrected chi connectivity index (χ2v) is 7.70. The number of benzene rings is 1. The summed E-state index contributed by atoms with van der Waals surface area (Å²) in [6.45, 7) is 0.305. The zero-order valence-corrected chi connectivity index (χ0v) is 18.3. The lowest BCUT2D eigenvalue weighted by molar-refractivity contribution is -0.148. The molecule has 3 aromatic heterocycles. The fraction of sp³-hybridized carbons (Fsp3) is 0.160. The number of ether oxygens (including phenoxy) is 1. The second-order valence-electron chi connectivity index (χ2n) is 7.70. The number of carbonyl (C=O) groups is 2. The van der Waals surface area contributed by atoms with E-state index >= 15 is 0 Å². The van der Waals surface area contributed by atoms with Crippen molar-refractivity contribution in [3.05, 3.63) is 84.4 Å². The molecule has 0 saturated carbocycles. The van der Waals surface area contributed by atoms with Crippen molar-refractivity contribution in [1.82, 2.24) is 9.38 Å². The highest BCUT2D eigenvalue weighted by Crippen LogP contribution is 2.30. The summed E-state index contributed by atoms with van der Waals surface area (Å²) in [7, 11) is 0. The molecule has 1 N–H and O–H groups in total. The molecular formula is C25H19F4N3O3. The molecule has 0 spiro atoms. The third-order valence-corrected chi connectivity index (χ3v) is 5.26. The molecule has 4 aromatic rings. The van der Waals surface area contributed by atoms with Gasteiger partial charge in [-0.15, -0.1) is 0 Å². The third kappa shape index (κ3) is 5.01. The lowest BCUT2D eigenvalue weighted by atomic mass is 10.0. The molecule has 0 radical (unpaired) electrons. The van der Waals surface area contributed by atoms with Crippen molar-refractivity contribution in [2.75, 3.05) is 11.9 Å². The number of pyridine rings is 2. The van der Waals surface area contributed by atoms with Gasteiger partial charge in [0.1, 0.15) is 11.4 Å². The maximum Gasteiger partial charge on any atom is 0.340 e. The Morgan fingerprint density at radius 3 is 2.49 bits per heavy atom. The first kappa shape index (κ1) is 23.9. The number of hydrogen-bond donors (Lipinski definition) is 1. The number of rotatable bonds is 8. The molecule has 35 heavy (non-hydrogen) atoms. The Morgan fingerprint density at radius 2 is 1.80 bits per heavy atom. The average molecular weight is 485 g/mol. The molecule has 3 heterocycles. The molecule has 0 fully saturated rings. The number of aromatic nitrogens is 2. The second kappa shape index (κ2) is 9.57. The van der Waals surface area contributed by atoms with Crippen LogP contribution in [-0.4, -0.2) is 40.0 Å². The highest BCUT2D eigenvalue weighted by atomic mass is 19.3. The Balaban J connectivity index is 1.56. The van der Waals surface area contributed by atoms with Crippen molar-refractivity contribution in [2.45, 2.75) is 19.3 Å². The first-order valence-corrected chi connectivity index (χ1v) is 10.4. The third-order valence-electron chi connectivity index (χ3n) is 5.26. The molecule has 10 heteroatoms. The van der Waals surface area contributed by atoms with Crippen molar-refractivity contribution in [2.24, 2.45) is 0 Å². The molecule has 1 amide bonds. The number of halogens is 4. The van der Waals surface area contributed by atoms with Gasteiger partial charge in [0.05, 0.1) is 0 Å². The number of nitrogens with one attached hydrogen (secondary N) is 1. The molecule has 0 atom stereocenters. The van der Waals surface area contributed by atoms with Gasteiger partial charge in [0.15, 0.2) is 6.61 Å². The number of amides is 1. The summed E-state index contributed by atoms with van der Waals surface area (Å²) < 4.78 is 56.9. The minimum absolute atomic E-state index is 0.0958. The van der Waals surface area contributed by atoms with Gasteiger partial charge in [0.25, 0.3) is 11.7 Å². The SMILES string of the molecule is Cc1ncccc1-c1cc2ccccn2c1C(=O)C(=O)Nc1ccc(OCC(F)(F)C(F)F)cc1. The Bertz CT molecular complexity index is 1380.